The van der Waals surface area contributed by atoms with Crippen molar-refractivity contribution in [3.05, 3.63) is 30.1 Å². The molecule has 1 heterocycles. The predicted molar refractivity (Wildman–Crippen MR) is 71.9 cm³/mol. The molecule has 5 N–H and O–H groups in total. The minimum Gasteiger partial charge on any atom is -1.00 e. The van der Waals surface area contributed by atoms with Gasteiger partial charge in [0.15, 0.2) is 12.4 Å². The Labute approximate surface area is 183 Å². The van der Waals surface area contributed by atoms with Crippen LogP contribution in [0.2, 0.25) is 0 Å². The molecule has 1 aromatic heterocycles. The van der Waals surface area contributed by atoms with Crippen molar-refractivity contribution in [3.63, 3.8) is 0 Å². The van der Waals surface area contributed by atoms with Gasteiger partial charge in [0, 0.05) is 77.2 Å². The summed E-state index contributed by atoms with van der Waals surface area (Å²) < 4.78 is 23.8. The van der Waals surface area contributed by atoms with Crippen LogP contribution in [0.3, 0.4) is 0 Å². The quantitative estimate of drug-likeness (QED) is 0.129. The van der Waals surface area contributed by atoms with Gasteiger partial charge in [-0.3, -0.25) is 9.13 Å². The first-order chi connectivity index (χ1) is 7.97. The van der Waals surface area contributed by atoms with Gasteiger partial charge in [-0.2, -0.15) is 0 Å². The number of nitrogens with zero attached hydrogens (tertiary/aromatic N) is 1. The molecule has 0 aliphatic heterocycles. The average Bonchev–Trinajstić information content (AvgIpc) is 2.13. The number of hydrogen-bond donors (Lipinski definition) is 5. The second kappa shape index (κ2) is 10.2. The molecule has 0 aliphatic carbocycles. The maximum absolute atomic E-state index is 11.1. The normalized spacial score (nSPS) is 11.7. The van der Waals surface area contributed by atoms with E-state index in [0.717, 1.165) is 0 Å². The van der Waals surface area contributed by atoms with Crippen molar-refractivity contribution in [2.45, 2.75) is 11.5 Å². The largest absolute Gasteiger partial charge is 1.00 e. The molecule has 8 nitrogen and oxygen atoms in total. The number of halogens is 1. The van der Waals surface area contributed by atoms with Crippen molar-refractivity contribution < 1.29 is 62.4 Å². The Morgan fingerprint density at radius 2 is 1.57 bits per heavy atom. The number of aromatic nitrogens is 1. The number of hydrogen-bond acceptors (Lipinski definition) is 3. The fourth-order valence-electron chi connectivity index (χ4n) is 1.40. The topological polar surface area (TPSA) is 139 Å². The summed E-state index contributed by atoms with van der Waals surface area (Å²) in [5.74, 6) is 0. The summed E-state index contributed by atoms with van der Waals surface area (Å²) in [5, 5.41) is 6.28. The fourth-order valence-corrected chi connectivity index (χ4v) is 3.54. The van der Waals surface area contributed by atoms with Crippen molar-refractivity contribution >= 4 is 74.3 Å². The molecule has 0 saturated heterocycles. The van der Waals surface area contributed by atoms with Crippen LogP contribution in [0, 0.1) is 0 Å². The van der Waals surface area contributed by atoms with Gasteiger partial charge in [-0.25, -0.2) is 4.57 Å². The Hall–Kier alpha value is 2.14. The first kappa shape index (κ1) is 28.0. The van der Waals surface area contributed by atoms with Crippen molar-refractivity contribution in [2.24, 2.45) is 7.05 Å². The third kappa shape index (κ3) is 7.27. The second-order valence-electron chi connectivity index (χ2n) is 3.92. The van der Waals surface area contributed by atoms with Crippen LogP contribution >= 0.6 is 15.2 Å². The van der Waals surface area contributed by atoms with Crippen LogP contribution < -0.4 is 28.5 Å². The van der Waals surface area contributed by atoms with Crippen LogP contribution in [0.1, 0.15) is 5.56 Å². The molecule has 0 unspecified atom stereocenters. The van der Waals surface area contributed by atoms with E-state index >= 15 is 0 Å². The van der Waals surface area contributed by atoms with E-state index in [1.807, 2.05) is 0 Å². The zero-order valence-electron chi connectivity index (χ0n) is 11.8. The molecule has 0 amide bonds. The van der Waals surface area contributed by atoms with Gasteiger partial charge in [-0.05, 0) is 6.07 Å². The standard InChI is InChI=1S/C8H13NO7P2.HI.2Na/c1-9-4-2-3-7(6-9)5-8(10,17(11,12)13)18(14,15)16;;;/h2-4,6,10H,5H2,1H3,(H3-,11,12,13,14,15,16);1H;;. The molecule has 1 rings (SSSR count). The molecular formula is C8H14INNa2O7P2. The molecule has 2 radical (unpaired) electrons. The maximum atomic E-state index is 11.1. The third-order valence-electron chi connectivity index (χ3n) is 2.38. The Morgan fingerprint density at radius 3 is 1.90 bits per heavy atom. The molecule has 21 heavy (non-hydrogen) atoms. The number of pyridine rings is 1. The summed E-state index contributed by atoms with van der Waals surface area (Å²) in [4.78, 5) is 35.9. The monoisotopic (exact) mass is 471 g/mol. The van der Waals surface area contributed by atoms with E-state index in [0.29, 0.717) is 0 Å². The molecule has 0 saturated carbocycles. The van der Waals surface area contributed by atoms with Gasteiger partial charge in [0.1, 0.15) is 7.05 Å². The van der Waals surface area contributed by atoms with E-state index in [2.05, 4.69) is 0 Å². The third-order valence-corrected chi connectivity index (χ3v) is 6.12. The van der Waals surface area contributed by atoms with Crippen LogP contribution in [-0.2, 0) is 22.6 Å². The minimum absolute atomic E-state index is 0. The van der Waals surface area contributed by atoms with E-state index in [1.165, 1.54) is 22.9 Å². The fraction of sp³-hybridized carbons (Fsp3) is 0.375. The van der Waals surface area contributed by atoms with E-state index in [9.17, 15) is 14.2 Å². The summed E-state index contributed by atoms with van der Waals surface area (Å²) in [7, 11) is -9.19. The molecule has 1 aromatic rings. The van der Waals surface area contributed by atoms with E-state index in [-0.39, 0.29) is 88.7 Å². The number of aryl methyl sites for hydroxylation is 1. The molecule has 112 valence electrons. The average molecular weight is 471 g/mol. The Bertz CT molecular complexity index is 527. The Balaban J connectivity index is -0.00000108. The van der Waals surface area contributed by atoms with E-state index in [4.69, 9.17) is 19.6 Å². The van der Waals surface area contributed by atoms with Gasteiger partial charge in [-0.15, -0.1) is 0 Å². The van der Waals surface area contributed by atoms with Gasteiger partial charge in [0.2, 0.25) is 0 Å². The molecular weight excluding hydrogens is 457 g/mol. The minimum atomic E-state index is -5.41. The first-order valence-corrected chi connectivity index (χ1v) is 7.98. The summed E-state index contributed by atoms with van der Waals surface area (Å²) in [6.45, 7) is 0. The van der Waals surface area contributed by atoms with Crippen LogP contribution in [-0.4, -0.2) is 88.9 Å². The van der Waals surface area contributed by atoms with Gasteiger partial charge in [-0.1, -0.05) is 0 Å². The van der Waals surface area contributed by atoms with Crippen molar-refractivity contribution in [1.29, 1.82) is 0 Å². The number of rotatable bonds is 4. The predicted octanol–water partition coefficient (Wildman–Crippen LogP) is -4.70. The van der Waals surface area contributed by atoms with Gasteiger partial charge >= 0.3 is 15.2 Å². The van der Waals surface area contributed by atoms with Crippen molar-refractivity contribution in [1.82, 2.24) is 0 Å². The van der Waals surface area contributed by atoms with E-state index in [1.54, 1.807) is 13.2 Å². The Morgan fingerprint density at radius 1 is 1.14 bits per heavy atom. The molecule has 0 fully saturated rings. The van der Waals surface area contributed by atoms with Crippen LogP contribution in [0.4, 0.5) is 0 Å². The molecule has 0 bridgehead atoms. The molecule has 0 atom stereocenters. The summed E-state index contributed by atoms with van der Waals surface area (Å²) in [6, 6.07) is 2.92. The SMILES string of the molecule is C[n+]1cccc(CC(O)(P(=O)(O)O)P(=O)(O)O)c1.[I-].[Na].[Na]. The number of aliphatic hydroxyl groups is 1. The van der Waals surface area contributed by atoms with Gasteiger partial charge < -0.3 is 48.7 Å². The molecule has 0 aliphatic rings. The molecule has 0 aromatic carbocycles. The molecule has 13 heteroatoms. The summed E-state index contributed by atoms with van der Waals surface area (Å²) in [6.07, 6.45) is 2.17. The van der Waals surface area contributed by atoms with Gasteiger partial charge in [0.25, 0.3) is 5.08 Å². The van der Waals surface area contributed by atoms with Crippen molar-refractivity contribution in [3.8, 4) is 0 Å². The zero-order valence-corrected chi connectivity index (χ0v) is 19.7. The zero-order chi connectivity index (χ0) is 14.2. The second-order valence-corrected chi connectivity index (χ2v) is 7.93. The van der Waals surface area contributed by atoms with Crippen LogP contribution in [0.5, 0.6) is 0 Å². The van der Waals surface area contributed by atoms with Crippen molar-refractivity contribution in [2.75, 3.05) is 0 Å². The van der Waals surface area contributed by atoms with E-state index < -0.39 is 26.7 Å². The van der Waals surface area contributed by atoms with Crippen LogP contribution in [0.15, 0.2) is 24.5 Å². The Kier molecular flexibility index (Phi) is 13.6. The van der Waals surface area contributed by atoms with Crippen LogP contribution in [0.25, 0.3) is 0 Å². The summed E-state index contributed by atoms with van der Waals surface area (Å²) in [5.41, 5.74) is 0.189. The summed E-state index contributed by atoms with van der Waals surface area (Å²) >= 11 is 0. The smallest absolute Gasteiger partial charge is 0.369 e. The first-order valence-electron chi connectivity index (χ1n) is 4.75. The molecule has 0 spiro atoms. The maximum Gasteiger partial charge on any atom is 0.369 e. The van der Waals surface area contributed by atoms with Gasteiger partial charge in [0.05, 0.1) is 0 Å².